The molecule has 0 aromatic heterocycles. The van der Waals surface area contributed by atoms with Crippen LogP contribution in [0.1, 0.15) is 46.5 Å². The van der Waals surface area contributed by atoms with Crippen LogP contribution in [0.2, 0.25) is 0 Å². The highest BCUT2D eigenvalue weighted by molar-refractivity contribution is 8.28. The molecule has 0 bridgehead atoms. The maximum Gasteiger partial charge on any atom is 0.190 e. The number of hydrogen-bond acceptors (Lipinski definition) is 6. The molecule has 6 heteroatoms. The van der Waals surface area contributed by atoms with Gasteiger partial charge in [-0.2, -0.15) is 0 Å². The highest BCUT2D eigenvalue weighted by Gasteiger charge is 2.13. The van der Waals surface area contributed by atoms with Crippen LogP contribution in [-0.2, 0) is 19.2 Å². The molecule has 0 rings (SSSR count). The van der Waals surface area contributed by atoms with Crippen molar-refractivity contribution in [2.45, 2.75) is 46.5 Å². The van der Waals surface area contributed by atoms with Gasteiger partial charge in [-0.25, -0.2) is 0 Å². The Morgan fingerprint density at radius 1 is 0.947 bits per heavy atom. The molecule has 0 radical (unpaired) electrons. The largest absolute Gasteiger partial charge is 0.300 e. The first-order chi connectivity index (χ1) is 8.81. The summed E-state index contributed by atoms with van der Waals surface area (Å²) >= 11 is 2.17. The first-order valence-electron chi connectivity index (χ1n) is 6.11. The van der Waals surface area contributed by atoms with E-state index in [0.717, 1.165) is 23.5 Å². The predicted molar refractivity (Wildman–Crippen MR) is 79.1 cm³/mol. The molecule has 0 N–H and O–H groups in total. The molecule has 0 aliphatic carbocycles. The number of thioether (sulfide) groups is 2. The van der Waals surface area contributed by atoms with Crippen LogP contribution < -0.4 is 0 Å². The Morgan fingerprint density at radius 3 is 2.11 bits per heavy atom. The van der Waals surface area contributed by atoms with Crippen LogP contribution in [0.5, 0.6) is 0 Å². The minimum atomic E-state index is -0.0682. The minimum absolute atomic E-state index is 0.0157. The fourth-order valence-electron chi connectivity index (χ4n) is 1.55. The van der Waals surface area contributed by atoms with Gasteiger partial charge in [-0.1, -0.05) is 30.4 Å². The SMILES string of the molecule is CC(=O)CC(C)CC(=O)CCC(=O)SCSC(C)=O. The third kappa shape index (κ3) is 12.2. The average Bonchev–Trinajstić information content (AvgIpc) is 2.24. The zero-order valence-electron chi connectivity index (χ0n) is 11.6. The molecule has 0 spiro atoms. The highest BCUT2D eigenvalue weighted by Crippen LogP contribution is 2.17. The quantitative estimate of drug-likeness (QED) is 0.610. The Labute approximate surface area is 122 Å². The maximum atomic E-state index is 11.6. The standard InChI is InChI=1S/C13H20O4S2/c1-9(6-10(2)14)7-12(16)4-5-13(17)19-8-18-11(3)15/h9H,4-8H2,1-3H3. The van der Waals surface area contributed by atoms with E-state index in [0.29, 0.717) is 17.9 Å². The summed E-state index contributed by atoms with van der Waals surface area (Å²) in [6.07, 6.45) is 1.18. The number of Topliss-reactive ketones (excluding diaryl/α,β-unsaturated/α-hetero) is 2. The third-order valence-electron chi connectivity index (χ3n) is 2.30. The number of ketones is 2. The van der Waals surface area contributed by atoms with Crippen molar-refractivity contribution in [3.05, 3.63) is 0 Å². The van der Waals surface area contributed by atoms with Gasteiger partial charge in [0.1, 0.15) is 11.6 Å². The van der Waals surface area contributed by atoms with Gasteiger partial charge < -0.3 is 4.79 Å². The van der Waals surface area contributed by atoms with Gasteiger partial charge in [-0.3, -0.25) is 14.4 Å². The minimum Gasteiger partial charge on any atom is -0.300 e. The lowest BCUT2D eigenvalue weighted by Gasteiger charge is -2.07. The van der Waals surface area contributed by atoms with Gasteiger partial charge in [0.2, 0.25) is 0 Å². The molecular weight excluding hydrogens is 284 g/mol. The van der Waals surface area contributed by atoms with E-state index in [4.69, 9.17) is 0 Å². The van der Waals surface area contributed by atoms with Crippen molar-refractivity contribution in [2.75, 3.05) is 5.08 Å². The summed E-state index contributed by atoms with van der Waals surface area (Å²) in [7, 11) is 0. The number of carbonyl (C=O) groups is 4. The lowest BCUT2D eigenvalue weighted by molar-refractivity contribution is -0.122. The van der Waals surface area contributed by atoms with Crippen LogP contribution in [0.4, 0.5) is 0 Å². The molecule has 0 aliphatic rings. The molecule has 1 unspecified atom stereocenters. The second-order valence-electron chi connectivity index (χ2n) is 4.52. The van der Waals surface area contributed by atoms with Crippen molar-refractivity contribution < 1.29 is 19.2 Å². The lowest BCUT2D eigenvalue weighted by Crippen LogP contribution is -2.10. The predicted octanol–water partition coefficient (Wildman–Crippen LogP) is 2.84. The molecule has 0 aromatic carbocycles. The molecule has 0 aliphatic heterocycles. The van der Waals surface area contributed by atoms with Gasteiger partial charge in [-0.15, -0.1) is 0 Å². The van der Waals surface area contributed by atoms with Gasteiger partial charge >= 0.3 is 0 Å². The summed E-state index contributed by atoms with van der Waals surface area (Å²) < 4.78 is 0. The van der Waals surface area contributed by atoms with E-state index in [-0.39, 0.29) is 40.6 Å². The summed E-state index contributed by atoms with van der Waals surface area (Å²) in [5.41, 5.74) is 0. The van der Waals surface area contributed by atoms with E-state index in [2.05, 4.69) is 0 Å². The smallest absolute Gasteiger partial charge is 0.190 e. The Bertz CT molecular complexity index is 353. The summed E-state index contributed by atoms with van der Waals surface area (Å²) in [5, 5.41) is 0.319. The number of hydrogen-bond donors (Lipinski definition) is 0. The van der Waals surface area contributed by atoms with Crippen molar-refractivity contribution >= 4 is 45.3 Å². The molecule has 0 aromatic rings. The molecule has 4 nitrogen and oxygen atoms in total. The second-order valence-corrected chi connectivity index (χ2v) is 7.07. The molecule has 0 fully saturated rings. The van der Waals surface area contributed by atoms with Gasteiger partial charge in [0.05, 0.1) is 5.08 Å². The molecule has 0 saturated heterocycles. The fraction of sp³-hybridized carbons (Fsp3) is 0.692. The molecule has 0 saturated carbocycles. The van der Waals surface area contributed by atoms with Crippen molar-refractivity contribution in [2.24, 2.45) is 5.92 Å². The van der Waals surface area contributed by atoms with Crippen LogP contribution in [0, 0.1) is 5.92 Å². The van der Waals surface area contributed by atoms with Crippen molar-refractivity contribution in [1.29, 1.82) is 0 Å². The van der Waals surface area contributed by atoms with Crippen molar-refractivity contribution in [3.63, 3.8) is 0 Å². The monoisotopic (exact) mass is 304 g/mol. The molecule has 108 valence electrons. The van der Waals surface area contributed by atoms with Crippen LogP contribution in [0.15, 0.2) is 0 Å². The summed E-state index contributed by atoms with van der Waals surface area (Å²) in [4.78, 5) is 44.5. The number of carbonyl (C=O) groups excluding carboxylic acids is 4. The Balaban J connectivity index is 3.74. The molecule has 0 heterocycles. The normalized spacial score (nSPS) is 11.9. The van der Waals surface area contributed by atoms with Crippen molar-refractivity contribution in [3.8, 4) is 0 Å². The third-order valence-corrected chi connectivity index (χ3v) is 4.18. The van der Waals surface area contributed by atoms with Gasteiger partial charge in [-0.05, 0) is 12.8 Å². The van der Waals surface area contributed by atoms with Crippen LogP contribution in [-0.4, -0.2) is 26.9 Å². The fourth-order valence-corrected chi connectivity index (χ4v) is 3.22. The summed E-state index contributed by atoms with van der Waals surface area (Å²) in [6, 6.07) is 0. The van der Waals surface area contributed by atoms with E-state index in [1.165, 1.54) is 13.8 Å². The second kappa shape index (κ2) is 10.2. The van der Waals surface area contributed by atoms with Gasteiger partial charge in [0.25, 0.3) is 0 Å². The Hall–Kier alpha value is -0.620. The van der Waals surface area contributed by atoms with E-state index >= 15 is 0 Å². The topological polar surface area (TPSA) is 68.3 Å². The molecular formula is C13H20O4S2. The molecule has 19 heavy (non-hydrogen) atoms. The van der Waals surface area contributed by atoms with Crippen LogP contribution >= 0.6 is 23.5 Å². The molecule has 1 atom stereocenters. The van der Waals surface area contributed by atoms with Crippen molar-refractivity contribution in [1.82, 2.24) is 0 Å². The Kier molecular flexibility index (Phi) is 9.87. The van der Waals surface area contributed by atoms with Gasteiger partial charge in [0, 0.05) is 32.6 Å². The summed E-state index contributed by atoms with van der Waals surface area (Å²) in [5.74, 6) is 0.135. The molecule has 0 amide bonds. The van der Waals surface area contributed by atoms with Gasteiger partial charge in [0.15, 0.2) is 10.2 Å². The number of rotatable bonds is 9. The van der Waals surface area contributed by atoms with E-state index in [1.54, 1.807) is 0 Å². The van der Waals surface area contributed by atoms with E-state index in [9.17, 15) is 19.2 Å². The van der Waals surface area contributed by atoms with E-state index in [1.807, 2.05) is 6.92 Å². The zero-order valence-corrected chi connectivity index (χ0v) is 13.2. The first kappa shape index (κ1) is 18.4. The van der Waals surface area contributed by atoms with Crippen LogP contribution in [0.25, 0.3) is 0 Å². The Morgan fingerprint density at radius 2 is 1.58 bits per heavy atom. The average molecular weight is 304 g/mol. The lowest BCUT2D eigenvalue weighted by atomic mass is 9.97. The zero-order chi connectivity index (χ0) is 14.8. The first-order valence-corrected chi connectivity index (χ1v) is 8.08. The van der Waals surface area contributed by atoms with E-state index < -0.39 is 0 Å². The maximum absolute atomic E-state index is 11.6. The highest BCUT2D eigenvalue weighted by atomic mass is 32.2. The summed E-state index contributed by atoms with van der Waals surface area (Å²) in [6.45, 7) is 4.82. The van der Waals surface area contributed by atoms with Crippen LogP contribution in [0.3, 0.4) is 0 Å².